The maximum Gasteiger partial charge on any atom is 0.417 e. The van der Waals surface area contributed by atoms with Crippen LogP contribution < -0.4 is 21.3 Å². The van der Waals surface area contributed by atoms with E-state index in [1.165, 1.54) is 7.11 Å². The molecule has 0 aliphatic rings. The lowest BCUT2D eigenvalue weighted by Crippen LogP contribution is -2.37. The van der Waals surface area contributed by atoms with Crippen LogP contribution in [0.25, 0.3) is 33.4 Å². The molecule has 3 aromatic carbocycles. The third-order valence-electron chi connectivity index (χ3n) is 8.43. The van der Waals surface area contributed by atoms with E-state index in [1.807, 2.05) is 33.0 Å². The van der Waals surface area contributed by atoms with Crippen LogP contribution in [0.2, 0.25) is 5.02 Å². The molecule has 0 unspecified atom stereocenters. The lowest BCUT2D eigenvalue weighted by atomic mass is 9.97. The first-order valence-corrected chi connectivity index (χ1v) is 19.0. The highest BCUT2D eigenvalue weighted by Gasteiger charge is 2.21. The number of H-pyrrole nitrogens is 1. The number of sulfone groups is 1. The van der Waals surface area contributed by atoms with Gasteiger partial charge in [-0.3, -0.25) is 19.5 Å². The van der Waals surface area contributed by atoms with Gasteiger partial charge in [0.15, 0.2) is 9.84 Å². The van der Waals surface area contributed by atoms with E-state index in [-0.39, 0.29) is 10.9 Å². The number of fused-ring (bicyclic) bond motifs is 1. The van der Waals surface area contributed by atoms with Crippen molar-refractivity contribution in [3.05, 3.63) is 116 Å². The molecular weight excluding hydrogens is 738 g/mol. The second kappa shape index (κ2) is 16.3. The number of aryl methyl sites for hydroxylation is 4. The Morgan fingerprint density at radius 1 is 0.870 bits per heavy atom. The molecule has 0 bridgehead atoms. The van der Waals surface area contributed by atoms with E-state index < -0.39 is 39.0 Å². The number of benzene rings is 3. The van der Waals surface area contributed by atoms with Gasteiger partial charge in [0.25, 0.3) is 5.56 Å². The molecule has 54 heavy (non-hydrogen) atoms. The number of carbonyl (C=O) groups is 2. The number of aromatic amines is 1. The Morgan fingerprint density at radius 2 is 1.44 bits per heavy atom. The number of anilines is 1. The lowest BCUT2D eigenvalue weighted by Gasteiger charge is -2.16. The summed E-state index contributed by atoms with van der Waals surface area (Å²) in [5.74, 6) is -0.903. The van der Waals surface area contributed by atoms with Crippen molar-refractivity contribution in [1.82, 2.24) is 29.1 Å². The van der Waals surface area contributed by atoms with Crippen molar-refractivity contribution in [1.29, 1.82) is 0 Å². The van der Waals surface area contributed by atoms with E-state index in [0.717, 1.165) is 39.9 Å². The standard InChI is InChI=1S/C21H20ClN3O4.C16H18N4O4S/c1-4-13-11-18(24-21(27)29-15-7-5-14(22)6-8-15)17(20(26)28-3)12-16(13)19-9-10-23-25(19)2;1-4-10-7-13-12(8-11(10)14-5-6-17-19(14)2)15(21)20(16(22)18-13)9-25(3,23)24/h5-12H,4H2,1-3H3,(H,24,27);5-8H,4,9H2,1-3H3,(H,18,22). The highest BCUT2D eigenvalue weighted by atomic mass is 35.5. The van der Waals surface area contributed by atoms with Crippen molar-refractivity contribution in [2.45, 2.75) is 32.6 Å². The van der Waals surface area contributed by atoms with Crippen molar-refractivity contribution in [3.63, 3.8) is 0 Å². The Balaban J connectivity index is 0.000000210. The van der Waals surface area contributed by atoms with Crippen LogP contribution in [-0.2, 0) is 47.4 Å². The molecular formula is C37H38ClN7O8S. The fourth-order valence-electron chi connectivity index (χ4n) is 5.81. The van der Waals surface area contributed by atoms with Gasteiger partial charge in [-0.15, -0.1) is 0 Å². The first kappa shape index (κ1) is 39.2. The van der Waals surface area contributed by atoms with Gasteiger partial charge in [-0.1, -0.05) is 25.4 Å². The molecule has 6 rings (SSSR count). The van der Waals surface area contributed by atoms with Crippen LogP contribution >= 0.6 is 11.6 Å². The quantitative estimate of drug-likeness (QED) is 0.181. The van der Waals surface area contributed by atoms with Gasteiger partial charge in [-0.25, -0.2) is 27.4 Å². The number of hydrogen-bond acceptors (Lipinski definition) is 10. The Hall–Kier alpha value is -6.00. The third kappa shape index (κ3) is 8.78. The predicted molar refractivity (Wildman–Crippen MR) is 206 cm³/mol. The molecule has 6 aromatic rings. The average Bonchev–Trinajstić information content (AvgIpc) is 3.77. The second-order valence-electron chi connectivity index (χ2n) is 12.2. The molecule has 0 aliphatic heterocycles. The molecule has 0 saturated heterocycles. The maximum absolute atomic E-state index is 12.7. The molecule has 0 fully saturated rings. The summed E-state index contributed by atoms with van der Waals surface area (Å²) in [5, 5.41) is 11.8. The van der Waals surface area contributed by atoms with Gasteiger partial charge in [0, 0.05) is 48.9 Å². The molecule has 17 heteroatoms. The fraction of sp³-hybridized carbons (Fsp3) is 0.243. The topological polar surface area (TPSA) is 189 Å². The van der Waals surface area contributed by atoms with Crippen LogP contribution in [0, 0.1) is 0 Å². The minimum absolute atomic E-state index is 0.217. The van der Waals surface area contributed by atoms with Crippen LogP contribution in [0.5, 0.6) is 5.75 Å². The first-order valence-electron chi connectivity index (χ1n) is 16.6. The number of amides is 1. The summed E-state index contributed by atoms with van der Waals surface area (Å²) >= 11 is 5.84. The zero-order valence-corrected chi connectivity index (χ0v) is 31.9. The number of nitrogens with one attached hydrogen (secondary N) is 2. The number of nitrogens with zero attached hydrogens (tertiary/aromatic N) is 5. The second-order valence-corrected chi connectivity index (χ2v) is 14.7. The number of methoxy groups -OCH3 is 1. The molecule has 0 spiro atoms. The highest BCUT2D eigenvalue weighted by molar-refractivity contribution is 7.89. The number of ether oxygens (including phenoxy) is 2. The molecule has 0 aliphatic carbocycles. The molecule has 15 nitrogen and oxygen atoms in total. The van der Waals surface area contributed by atoms with E-state index in [1.54, 1.807) is 77.3 Å². The summed E-state index contributed by atoms with van der Waals surface area (Å²) in [6.45, 7) is 3.97. The number of halogens is 1. The van der Waals surface area contributed by atoms with Crippen LogP contribution in [0.4, 0.5) is 10.5 Å². The molecule has 3 heterocycles. The van der Waals surface area contributed by atoms with Crippen molar-refractivity contribution < 1.29 is 27.5 Å². The molecule has 0 atom stereocenters. The largest absolute Gasteiger partial charge is 0.465 e. The van der Waals surface area contributed by atoms with Crippen LogP contribution in [0.3, 0.4) is 0 Å². The molecule has 282 valence electrons. The monoisotopic (exact) mass is 775 g/mol. The molecule has 2 N–H and O–H groups in total. The van der Waals surface area contributed by atoms with Gasteiger partial charge in [-0.2, -0.15) is 10.2 Å². The van der Waals surface area contributed by atoms with E-state index in [0.29, 0.717) is 39.4 Å². The van der Waals surface area contributed by atoms with Gasteiger partial charge in [0.1, 0.15) is 11.6 Å². The smallest absolute Gasteiger partial charge is 0.417 e. The van der Waals surface area contributed by atoms with E-state index in [2.05, 4.69) is 20.5 Å². The van der Waals surface area contributed by atoms with Gasteiger partial charge >= 0.3 is 17.8 Å². The van der Waals surface area contributed by atoms with Gasteiger partial charge < -0.3 is 14.5 Å². The molecule has 0 saturated carbocycles. The SMILES string of the molecule is CCc1cc(NC(=O)Oc2ccc(Cl)cc2)c(C(=O)OC)cc1-c1ccnn1C.CCc1cc2[nH]c(=O)n(CS(C)(=O)=O)c(=O)c2cc1-c1ccnn1C. The third-order valence-corrected chi connectivity index (χ3v) is 9.41. The molecule has 0 radical (unpaired) electrons. The fourth-order valence-corrected chi connectivity index (χ4v) is 6.64. The summed E-state index contributed by atoms with van der Waals surface area (Å²) in [6, 6.07) is 16.9. The maximum atomic E-state index is 12.7. The minimum Gasteiger partial charge on any atom is -0.465 e. The van der Waals surface area contributed by atoms with E-state index in [9.17, 15) is 27.6 Å². The minimum atomic E-state index is -3.53. The van der Waals surface area contributed by atoms with Crippen LogP contribution in [0.15, 0.2) is 82.6 Å². The van der Waals surface area contributed by atoms with Gasteiger partial charge in [0.05, 0.1) is 40.7 Å². The summed E-state index contributed by atoms with van der Waals surface area (Å²) in [7, 11) is 1.37. The number of aromatic nitrogens is 6. The molecule has 1 amide bonds. The Morgan fingerprint density at radius 3 is 1.96 bits per heavy atom. The number of hydrogen-bond donors (Lipinski definition) is 2. The summed E-state index contributed by atoms with van der Waals surface area (Å²) in [4.78, 5) is 52.2. The zero-order chi connectivity index (χ0) is 39.3. The number of carbonyl (C=O) groups excluding carboxylic acids is 2. The molecule has 3 aromatic heterocycles. The number of rotatable bonds is 9. The summed E-state index contributed by atoms with van der Waals surface area (Å²) < 4.78 is 37.3. The summed E-state index contributed by atoms with van der Waals surface area (Å²) in [5.41, 5.74) is 4.77. The normalized spacial score (nSPS) is 11.2. The highest BCUT2D eigenvalue weighted by Crippen LogP contribution is 2.31. The van der Waals surface area contributed by atoms with Gasteiger partial charge in [0.2, 0.25) is 0 Å². The van der Waals surface area contributed by atoms with Crippen molar-refractivity contribution in [3.8, 4) is 28.3 Å². The first-order chi connectivity index (χ1) is 25.6. The van der Waals surface area contributed by atoms with E-state index in [4.69, 9.17) is 21.1 Å². The van der Waals surface area contributed by atoms with Crippen LogP contribution in [0.1, 0.15) is 35.3 Å². The van der Waals surface area contributed by atoms with Crippen molar-refractivity contribution in [2.75, 3.05) is 18.7 Å². The lowest BCUT2D eigenvalue weighted by molar-refractivity contribution is 0.0602. The van der Waals surface area contributed by atoms with Crippen LogP contribution in [-0.4, -0.2) is 63.0 Å². The Labute approximate surface area is 315 Å². The average molecular weight is 776 g/mol. The Bertz CT molecular complexity index is 2590. The Kier molecular flexibility index (Phi) is 11.9. The van der Waals surface area contributed by atoms with Gasteiger partial charge in [-0.05, 0) is 84.6 Å². The van der Waals surface area contributed by atoms with E-state index >= 15 is 0 Å². The number of esters is 1. The predicted octanol–water partition coefficient (Wildman–Crippen LogP) is 5.36. The van der Waals surface area contributed by atoms with Crippen molar-refractivity contribution in [2.24, 2.45) is 14.1 Å². The zero-order valence-electron chi connectivity index (χ0n) is 30.3. The summed E-state index contributed by atoms with van der Waals surface area (Å²) in [6.07, 6.45) is 4.97. The van der Waals surface area contributed by atoms with Crippen molar-refractivity contribution >= 4 is 50.1 Å².